The lowest BCUT2D eigenvalue weighted by molar-refractivity contribution is 0.461. The molecule has 0 spiro atoms. The second-order valence-corrected chi connectivity index (χ2v) is 6.25. The van der Waals surface area contributed by atoms with E-state index >= 15 is 0 Å². The van der Waals surface area contributed by atoms with Gasteiger partial charge in [0.15, 0.2) is 5.96 Å². The number of hydrogen-bond acceptors (Lipinski definition) is 4. The SMILES string of the molecule is CN=C(NCc1ccc(Oc2ccc(F)cc2)nc1)NCc1ccsc1.I. The van der Waals surface area contributed by atoms with Gasteiger partial charge in [-0.1, -0.05) is 6.07 Å². The van der Waals surface area contributed by atoms with E-state index in [2.05, 4.69) is 37.4 Å². The maximum atomic E-state index is 12.9. The average Bonchev–Trinajstić information content (AvgIpc) is 3.18. The van der Waals surface area contributed by atoms with Crippen molar-refractivity contribution in [2.24, 2.45) is 4.99 Å². The van der Waals surface area contributed by atoms with E-state index in [1.165, 1.54) is 17.7 Å². The summed E-state index contributed by atoms with van der Waals surface area (Å²) in [5, 5.41) is 10.7. The van der Waals surface area contributed by atoms with E-state index in [-0.39, 0.29) is 29.8 Å². The summed E-state index contributed by atoms with van der Waals surface area (Å²) >= 11 is 1.67. The van der Waals surface area contributed by atoms with Crippen LogP contribution in [0.4, 0.5) is 4.39 Å². The number of nitrogens with one attached hydrogen (secondary N) is 2. The summed E-state index contributed by atoms with van der Waals surface area (Å²) in [6.45, 7) is 1.32. The fourth-order valence-electron chi connectivity index (χ4n) is 2.18. The number of guanidine groups is 1. The summed E-state index contributed by atoms with van der Waals surface area (Å²) in [6.07, 6.45) is 1.73. The number of rotatable bonds is 6. The van der Waals surface area contributed by atoms with Gasteiger partial charge in [0.1, 0.15) is 11.6 Å². The summed E-state index contributed by atoms with van der Waals surface area (Å²) in [5.74, 6) is 1.43. The van der Waals surface area contributed by atoms with Gasteiger partial charge in [-0.05, 0) is 52.2 Å². The quantitative estimate of drug-likeness (QED) is 0.297. The summed E-state index contributed by atoms with van der Waals surface area (Å²) in [6, 6.07) is 11.6. The minimum atomic E-state index is -0.298. The molecule has 1 aromatic carbocycles. The van der Waals surface area contributed by atoms with Crippen LogP contribution in [0.5, 0.6) is 11.6 Å². The van der Waals surface area contributed by atoms with Crippen LogP contribution in [0.25, 0.3) is 0 Å². The Kier molecular flexibility index (Phi) is 8.46. The first-order valence-corrected chi connectivity index (χ1v) is 9.01. The number of benzene rings is 1. The van der Waals surface area contributed by atoms with Crippen LogP contribution in [0, 0.1) is 5.82 Å². The smallest absolute Gasteiger partial charge is 0.219 e. The molecule has 27 heavy (non-hydrogen) atoms. The normalized spacial score (nSPS) is 10.8. The second-order valence-electron chi connectivity index (χ2n) is 5.47. The van der Waals surface area contributed by atoms with Crippen LogP contribution in [0.3, 0.4) is 0 Å². The minimum absolute atomic E-state index is 0. The third-order valence-corrected chi connectivity index (χ3v) is 4.29. The number of hydrogen-bond donors (Lipinski definition) is 2. The van der Waals surface area contributed by atoms with Gasteiger partial charge in [0.2, 0.25) is 5.88 Å². The van der Waals surface area contributed by atoms with Crippen molar-refractivity contribution in [3.63, 3.8) is 0 Å². The zero-order valence-electron chi connectivity index (χ0n) is 14.7. The Balaban J connectivity index is 0.00000261. The molecular weight excluding hydrogens is 478 g/mol. The van der Waals surface area contributed by atoms with Crippen molar-refractivity contribution >= 4 is 41.3 Å². The molecule has 0 aliphatic heterocycles. The summed E-state index contributed by atoms with van der Waals surface area (Å²) in [4.78, 5) is 8.48. The fourth-order valence-corrected chi connectivity index (χ4v) is 2.85. The molecule has 2 aromatic heterocycles. The highest BCUT2D eigenvalue weighted by molar-refractivity contribution is 14.0. The second kappa shape index (κ2) is 10.8. The molecule has 3 rings (SSSR count). The molecule has 0 aliphatic carbocycles. The standard InChI is InChI=1S/C19H19FN4OS.HI/c1-21-19(24-12-15-8-9-26-13-15)23-11-14-2-7-18(22-10-14)25-17-5-3-16(20)4-6-17;/h2-10,13H,11-12H2,1H3,(H2,21,23,24);1H. The van der Waals surface area contributed by atoms with E-state index in [0.717, 1.165) is 18.1 Å². The van der Waals surface area contributed by atoms with E-state index in [1.54, 1.807) is 42.8 Å². The van der Waals surface area contributed by atoms with Crippen LogP contribution in [-0.4, -0.2) is 18.0 Å². The highest BCUT2D eigenvalue weighted by Crippen LogP contribution is 2.19. The molecule has 142 valence electrons. The highest BCUT2D eigenvalue weighted by Gasteiger charge is 2.02. The van der Waals surface area contributed by atoms with Gasteiger partial charge in [0.05, 0.1) is 0 Å². The van der Waals surface area contributed by atoms with Crippen molar-refractivity contribution in [2.45, 2.75) is 13.1 Å². The largest absolute Gasteiger partial charge is 0.439 e. The van der Waals surface area contributed by atoms with Crippen molar-refractivity contribution in [1.29, 1.82) is 0 Å². The number of halogens is 2. The highest BCUT2D eigenvalue weighted by atomic mass is 127. The van der Waals surface area contributed by atoms with Gasteiger partial charge in [0, 0.05) is 32.4 Å². The topological polar surface area (TPSA) is 58.5 Å². The van der Waals surface area contributed by atoms with Gasteiger partial charge < -0.3 is 15.4 Å². The Morgan fingerprint density at radius 1 is 1.07 bits per heavy atom. The maximum absolute atomic E-state index is 12.9. The first kappa shape index (κ1) is 21.1. The molecule has 0 radical (unpaired) electrons. The first-order valence-electron chi connectivity index (χ1n) is 8.07. The Morgan fingerprint density at radius 2 is 1.81 bits per heavy atom. The summed E-state index contributed by atoms with van der Waals surface area (Å²) in [5.41, 5.74) is 2.22. The molecule has 8 heteroatoms. The molecule has 0 saturated carbocycles. The average molecular weight is 498 g/mol. The zero-order valence-corrected chi connectivity index (χ0v) is 17.8. The number of aliphatic imine (C=N–C) groups is 1. The Morgan fingerprint density at radius 3 is 2.41 bits per heavy atom. The molecule has 2 N–H and O–H groups in total. The molecule has 2 heterocycles. The zero-order chi connectivity index (χ0) is 18.2. The Labute approximate surface area is 178 Å². The van der Waals surface area contributed by atoms with Gasteiger partial charge in [-0.3, -0.25) is 4.99 Å². The number of aromatic nitrogens is 1. The summed E-state index contributed by atoms with van der Waals surface area (Å²) in [7, 11) is 1.74. The molecule has 0 saturated heterocycles. The predicted octanol–water partition coefficient (Wildman–Crippen LogP) is 4.56. The predicted molar refractivity (Wildman–Crippen MR) is 117 cm³/mol. The van der Waals surface area contributed by atoms with E-state index in [4.69, 9.17) is 4.74 Å². The van der Waals surface area contributed by atoms with Gasteiger partial charge in [-0.2, -0.15) is 11.3 Å². The van der Waals surface area contributed by atoms with E-state index in [1.807, 2.05) is 6.07 Å². The van der Waals surface area contributed by atoms with E-state index in [0.29, 0.717) is 18.2 Å². The van der Waals surface area contributed by atoms with Crippen molar-refractivity contribution in [2.75, 3.05) is 7.05 Å². The lowest BCUT2D eigenvalue weighted by Gasteiger charge is -2.11. The molecule has 5 nitrogen and oxygen atoms in total. The molecule has 0 fully saturated rings. The molecular formula is C19H20FIN4OS. The van der Waals surface area contributed by atoms with Gasteiger partial charge in [-0.15, -0.1) is 24.0 Å². The van der Waals surface area contributed by atoms with Crippen molar-refractivity contribution in [1.82, 2.24) is 15.6 Å². The number of thiophene rings is 1. The van der Waals surface area contributed by atoms with Crippen molar-refractivity contribution in [3.05, 3.63) is 76.4 Å². The van der Waals surface area contributed by atoms with Crippen LogP contribution >= 0.6 is 35.3 Å². The molecule has 0 bridgehead atoms. The molecule has 3 aromatic rings. The van der Waals surface area contributed by atoms with Crippen LogP contribution < -0.4 is 15.4 Å². The Hall–Kier alpha value is -2.20. The number of ether oxygens (including phenoxy) is 1. The van der Waals surface area contributed by atoms with Crippen molar-refractivity contribution < 1.29 is 9.13 Å². The van der Waals surface area contributed by atoms with Crippen molar-refractivity contribution in [3.8, 4) is 11.6 Å². The van der Waals surface area contributed by atoms with Crippen LogP contribution in [0.15, 0.2) is 64.4 Å². The van der Waals surface area contributed by atoms with E-state index in [9.17, 15) is 4.39 Å². The Bertz CT molecular complexity index is 839. The first-order chi connectivity index (χ1) is 12.7. The van der Waals surface area contributed by atoms with Gasteiger partial charge in [0.25, 0.3) is 0 Å². The maximum Gasteiger partial charge on any atom is 0.219 e. The number of pyridine rings is 1. The lowest BCUT2D eigenvalue weighted by Crippen LogP contribution is -2.36. The minimum Gasteiger partial charge on any atom is -0.439 e. The third kappa shape index (κ3) is 6.79. The molecule has 0 unspecified atom stereocenters. The molecule has 0 atom stereocenters. The molecule has 0 amide bonds. The van der Waals surface area contributed by atoms with Crippen LogP contribution in [0.2, 0.25) is 0 Å². The van der Waals surface area contributed by atoms with Gasteiger partial charge >= 0.3 is 0 Å². The summed E-state index contributed by atoms with van der Waals surface area (Å²) < 4.78 is 18.5. The monoisotopic (exact) mass is 498 g/mol. The van der Waals surface area contributed by atoms with E-state index < -0.39 is 0 Å². The lowest BCUT2D eigenvalue weighted by atomic mass is 10.3. The number of nitrogens with zero attached hydrogens (tertiary/aromatic N) is 2. The fraction of sp³-hybridized carbons (Fsp3) is 0.158. The molecule has 0 aliphatic rings. The van der Waals surface area contributed by atoms with Crippen LogP contribution in [-0.2, 0) is 13.1 Å². The third-order valence-electron chi connectivity index (χ3n) is 3.56. The van der Waals surface area contributed by atoms with Crippen LogP contribution in [0.1, 0.15) is 11.1 Å². The van der Waals surface area contributed by atoms with Gasteiger partial charge in [-0.25, -0.2) is 9.37 Å².